The smallest absolute Gasteiger partial charge is 0.254 e. The molecule has 0 aliphatic rings. The second-order valence-electron chi connectivity index (χ2n) is 4.18. The molecule has 19 heavy (non-hydrogen) atoms. The van der Waals surface area contributed by atoms with Gasteiger partial charge in [0.25, 0.3) is 5.91 Å². The lowest BCUT2D eigenvalue weighted by Crippen LogP contribution is -2.21. The van der Waals surface area contributed by atoms with Gasteiger partial charge in [-0.05, 0) is 39.5 Å². The Balaban J connectivity index is 1.99. The average Bonchev–Trinajstić information content (AvgIpc) is 2.81. The maximum atomic E-state index is 11.7. The average molecular weight is 340 g/mol. The molecule has 2 rings (SSSR count). The van der Waals surface area contributed by atoms with E-state index in [0.29, 0.717) is 12.1 Å². The van der Waals surface area contributed by atoms with E-state index in [-0.39, 0.29) is 5.91 Å². The van der Waals surface area contributed by atoms with Crippen molar-refractivity contribution in [1.82, 2.24) is 9.88 Å². The van der Waals surface area contributed by atoms with Crippen molar-refractivity contribution in [3.05, 3.63) is 44.7 Å². The first-order chi connectivity index (χ1) is 9.08. The summed E-state index contributed by atoms with van der Waals surface area (Å²) in [5, 5.41) is 5.26. The Labute approximate surface area is 124 Å². The van der Waals surface area contributed by atoms with Gasteiger partial charge in [-0.3, -0.25) is 4.79 Å². The maximum absolute atomic E-state index is 11.7. The zero-order chi connectivity index (χ0) is 13.8. The van der Waals surface area contributed by atoms with Crippen LogP contribution >= 0.6 is 27.3 Å². The summed E-state index contributed by atoms with van der Waals surface area (Å²) in [5.41, 5.74) is 0.591. The first-order valence-electron chi connectivity index (χ1n) is 5.71. The number of amides is 1. The second kappa shape index (κ2) is 6.16. The van der Waals surface area contributed by atoms with Crippen LogP contribution in [0.5, 0.6) is 0 Å². The van der Waals surface area contributed by atoms with Gasteiger partial charge in [0.05, 0.1) is 12.1 Å². The lowest BCUT2D eigenvalue weighted by Gasteiger charge is -2.10. The summed E-state index contributed by atoms with van der Waals surface area (Å²) in [6.07, 6.45) is 1.59. The molecule has 2 aromatic rings. The fourth-order valence-corrected chi connectivity index (χ4v) is 2.94. The molecule has 4 nitrogen and oxygen atoms in total. The lowest BCUT2D eigenvalue weighted by molar-refractivity contribution is 0.0827. The highest BCUT2D eigenvalue weighted by Crippen LogP contribution is 2.23. The minimum Gasteiger partial charge on any atom is -0.365 e. The zero-order valence-corrected chi connectivity index (χ0v) is 13.1. The summed E-state index contributed by atoms with van der Waals surface area (Å²) in [6, 6.07) is 5.62. The monoisotopic (exact) mass is 339 g/mol. The number of nitrogens with one attached hydrogen (secondary N) is 1. The van der Waals surface area contributed by atoms with Crippen molar-refractivity contribution in [2.75, 3.05) is 19.4 Å². The number of hydrogen-bond acceptors (Lipinski definition) is 4. The topological polar surface area (TPSA) is 45.2 Å². The molecule has 1 N–H and O–H groups in total. The minimum atomic E-state index is -0.0416. The van der Waals surface area contributed by atoms with Crippen molar-refractivity contribution >= 4 is 39.0 Å². The number of carbonyl (C=O) groups excluding carboxylic acids is 1. The molecule has 1 amide bonds. The Morgan fingerprint density at radius 3 is 2.74 bits per heavy atom. The Kier molecular flexibility index (Phi) is 4.55. The molecular formula is C13H14BrN3OS. The predicted molar refractivity (Wildman–Crippen MR) is 81.6 cm³/mol. The molecule has 6 heteroatoms. The van der Waals surface area contributed by atoms with Crippen LogP contribution in [0.1, 0.15) is 15.2 Å². The Bertz CT molecular complexity index is 566. The Hall–Kier alpha value is -1.40. The van der Waals surface area contributed by atoms with Gasteiger partial charge >= 0.3 is 0 Å². The number of pyridine rings is 1. The number of rotatable bonds is 4. The molecule has 2 heterocycles. The Morgan fingerprint density at radius 2 is 2.21 bits per heavy atom. The summed E-state index contributed by atoms with van der Waals surface area (Å²) < 4.78 is 1.10. The number of carbonyl (C=O) groups is 1. The number of aromatic nitrogens is 1. The Morgan fingerprint density at radius 1 is 1.42 bits per heavy atom. The molecule has 0 bridgehead atoms. The van der Waals surface area contributed by atoms with Crippen LogP contribution in [0.25, 0.3) is 0 Å². The van der Waals surface area contributed by atoms with Crippen LogP contribution in [0.4, 0.5) is 5.82 Å². The normalized spacial score (nSPS) is 10.3. The summed E-state index contributed by atoms with van der Waals surface area (Å²) in [7, 11) is 3.45. The highest BCUT2D eigenvalue weighted by Gasteiger charge is 2.08. The highest BCUT2D eigenvalue weighted by atomic mass is 79.9. The van der Waals surface area contributed by atoms with Crippen LogP contribution in [0, 0.1) is 0 Å². The summed E-state index contributed by atoms with van der Waals surface area (Å²) in [6.45, 7) is 0.715. The molecule has 100 valence electrons. The second-order valence-corrected chi connectivity index (χ2v) is 6.03. The molecule has 0 radical (unpaired) electrons. The van der Waals surface area contributed by atoms with E-state index in [1.807, 2.05) is 17.5 Å². The molecule has 0 aromatic carbocycles. The fourth-order valence-electron chi connectivity index (χ4n) is 1.51. The van der Waals surface area contributed by atoms with E-state index < -0.39 is 0 Å². The standard InChI is InChI=1S/C13H14BrN3OS/c1-17(2)13(18)9-3-4-12(15-7-9)16-8-11-10(14)5-6-19-11/h3-7H,8H2,1-2H3,(H,15,16). The molecule has 0 aliphatic heterocycles. The van der Waals surface area contributed by atoms with Gasteiger partial charge in [-0.15, -0.1) is 11.3 Å². The van der Waals surface area contributed by atoms with Crippen molar-refractivity contribution in [3.63, 3.8) is 0 Å². The molecular weight excluding hydrogens is 326 g/mol. The van der Waals surface area contributed by atoms with E-state index in [1.165, 1.54) is 9.78 Å². The molecule has 0 saturated carbocycles. The van der Waals surface area contributed by atoms with Gasteiger partial charge in [0.15, 0.2) is 0 Å². The predicted octanol–water partition coefficient (Wildman–Crippen LogP) is 3.22. The van der Waals surface area contributed by atoms with Crippen molar-refractivity contribution in [3.8, 4) is 0 Å². The van der Waals surface area contributed by atoms with Crippen LogP contribution in [0.2, 0.25) is 0 Å². The van der Waals surface area contributed by atoms with E-state index in [1.54, 1.807) is 37.7 Å². The summed E-state index contributed by atoms with van der Waals surface area (Å²) >= 11 is 5.17. The maximum Gasteiger partial charge on any atom is 0.254 e. The number of hydrogen-bond donors (Lipinski definition) is 1. The largest absolute Gasteiger partial charge is 0.365 e. The third-order valence-corrected chi connectivity index (χ3v) is 4.46. The SMILES string of the molecule is CN(C)C(=O)c1ccc(NCc2sccc2Br)nc1. The first-order valence-corrected chi connectivity index (χ1v) is 7.38. The molecule has 0 aliphatic carbocycles. The quantitative estimate of drug-likeness (QED) is 0.930. The lowest BCUT2D eigenvalue weighted by atomic mass is 10.2. The fraction of sp³-hybridized carbons (Fsp3) is 0.231. The number of thiophene rings is 1. The van der Waals surface area contributed by atoms with Gasteiger partial charge in [-0.2, -0.15) is 0 Å². The number of nitrogens with zero attached hydrogens (tertiary/aromatic N) is 2. The molecule has 0 saturated heterocycles. The van der Waals surface area contributed by atoms with Crippen LogP contribution < -0.4 is 5.32 Å². The minimum absolute atomic E-state index is 0.0416. The van der Waals surface area contributed by atoms with E-state index in [2.05, 4.69) is 26.2 Å². The van der Waals surface area contributed by atoms with Crippen molar-refractivity contribution in [1.29, 1.82) is 0 Å². The van der Waals surface area contributed by atoms with Crippen molar-refractivity contribution in [2.24, 2.45) is 0 Å². The van der Waals surface area contributed by atoms with E-state index >= 15 is 0 Å². The molecule has 0 unspecified atom stereocenters. The van der Waals surface area contributed by atoms with Gasteiger partial charge in [-0.1, -0.05) is 0 Å². The summed E-state index contributed by atoms with van der Waals surface area (Å²) in [4.78, 5) is 18.7. The van der Waals surface area contributed by atoms with Crippen LogP contribution in [0.3, 0.4) is 0 Å². The van der Waals surface area contributed by atoms with E-state index in [9.17, 15) is 4.79 Å². The third-order valence-electron chi connectivity index (χ3n) is 2.54. The zero-order valence-electron chi connectivity index (χ0n) is 10.7. The molecule has 0 fully saturated rings. The third kappa shape index (κ3) is 3.54. The number of anilines is 1. The summed E-state index contributed by atoms with van der Waals surface area (Å²) in [5.74, 6) is 0.718. The van der Waals surface area contributed by atoms with Gasteiger partial charge in [0, 0.05) is 29.6 Å². The van der Waals surface area contributed by atoms with E-state index in [4.69, 9.17) is 0 Å². The van der Waals surface area contributed by atoms with Gasteiger partial charge in [-0.25, -0.2) is 4.98 Å². The highest BCUT2D eigenvalue weighted by molar-refractivity contribution is 9.10. The molecule has 0 atom stereocenters. The van der Waals surface area contributed by atoms with Crippen molar-refractivity contribution < 1.29 is 4.79 Å². The van der Waals surface area contributed by atoms with E-state index in [0.717, 1.165) is 10.3 Å². The van der Waals surface area contributed by atoms with Gasteiger partial charge < -0.3 is 10.2 Å². The van der Waals surface area contributed by atoms with Crippen LogP contribution in [0.15, 0.2) is 34.2 Å². The van der Waals surface area contributed by atoms with Gasteiger partial charge in [0.1, 0.15) is 5.82 Å². The van der Waals surface area contributed by atoms with Gasteiger partial charge in [0.2, 0.25) is 0 Å². The first kappa shape index (κ1) is 14.0. The van der Waals surface area contributed by atoms with Crippen molar-refractivity contribution in [2.45, 2.75) is 6.54 Å². The van der Waals surface area contributed by atoms with Crippen LogP contribution in [-0.4, -0.2) is 29.9 Å². The molecule has 0 spiro atoms. The number of halogens is 1. The molecule has 2 aromatic heterocycles. The van der Waals surface area contributed by atoms with Crippen LogP contribution in [-0.2, 0) is 6.54 Å².